The number of aromatic amines is 1. The topological polar surface area (TPSA) is 27.8 Å². The van der Waals surface area contributed by atoms with E-state index in [1.807, 2.05) is 0 Å². The first-order valence-electron chi connectivity index (χ1n) is 7.15. The van der Waals surface area contributed by atoms with Crippen LogP contribution in [0.25, 0.3) is 10.9 Å². The lowest BCUT2D eigenvalue weighted by Crippen LogP contribution is -2.19. The van der Waals surface area contributed by atoms with E-state index in [1.54, 1.807) is 0 Å². The Morgan fingerprint density at radius 3 is 2.60 bits per heavy atom. The van der Waals surface area contributed by atoms with Gasteiger partial charge in [-0.3, -0.25) is 0 Å². The van der Waals surface area contributed by atoms with Crippen LogP contribution in [0.4, 0.5) is 0 Å². The fourth-order valence-electron chi connectivity index (χ4n) is 2.60. The van der Waals surface area contributed by atoms with Gasteiger partial charge in [0.1, 0.15) is 0 Å². The van der Waals surface area contributed by atoms with E-state index in [4.69, 9.17) is 0 Å². The Bertz CT molecular complexity index is 670. The fraction of sp³-hybridized carbons (Fsp3) is 0.222. The normalized spacial score (nSPS) is 12.7. The maximum Gasteiger partial charge on any atom is 0.0457 e. The van der Waals surface area contributed by atoms with Crippen LogP contribution in [0, 0.1) is 0 Å². The van der Waals surface area contributed by atoms with Crippen LogP contribution in [0.5, 0.6) is 0 Å². The van der Waals surface area contributed by atoms with Gasteiger partial charge in [-0.1, -0.05) is 55.5 Å². The van der Waals surface area contributed by atoms with Crippen molar-refractivity contribution in [2.75, 3.05) is 6.54 Å². The van der Waals surface area contributed by atoms with Gasteiger partial charge < -0.3 is 10.3 Å². The highest BCUT2D eigenvalue weighted by Gasteiger charge is 2.06. The van der Waals surface area contributed by atoms with Crippen LogP contribution in [-0.4, -0.2) is 11.5 Å². The monoisotopic (exact) mass is 264 g/mol. The second kappa shape index (κ2) is 5.93. The predicted molar refractivity (Wildman–Crippen MR) is 84.9 cm³/mol. The van der Waals surface area contributed by atoms with E-state index < -0.39 is 0 Å². The number of nitrogens with one attached hydrogen (secondary N) is 2. The van der Waals surface area contributed by atoms with Gasteiger partial charge >= 0.3 is 0 Å². The van der Waals surface area contributed by atoms with E-state index >= 15 is 0 Å². The van der Waals surface area contributed by atoms with Crippen LogP contribution in [0.2, 0.25) is 0 Å². The summed E-state index contributed by atoms with van der Waals surface area (Å²) in [7, 11) is 0. The molecule has 2 N–H and O–H groups in total. The average Bonchev–Trinajstić information content (AvgIpc) is 2.92. The van der Waals surface area contributed by atoms with Crippen molar-refractivity contribution in [1.82, 2.24) is 10.3 Å². The van der Waals surface area contributed by atoms with Crippen molar-refractivity contribution in [3.8, 4) is 0 Å². The standard InChI is InChI=1S/C18H20N2/c1-14(15-7-3-2-4-8-15)11-19-12-16-13-20-18-10-6-5-9-17(16)18/h2-10,13-14,19-20H,11-12H2,1H3. The van der Waals surface area contributed by atoms with Gasteiger partial charge in [0.15, 0.2) is 0 Å². The molecule has 1 aromatic heterocycles. The molecule has 0 aliphatic carbocycles. The zero-order chi connectivity index (χ0) is 13.8. The zero-order valence-corrected chi connectivity index (χ0v) is 11.8. The second-order valence-corrected chi connectivity index (χ2v) is 5.30. The van der Waals surface area contributed by atoms with E-state index in [9.17, 15) is 0 Å². The summed E-state index contributed by atoms with van der Waals surface area (Å²) in [4.78, 5) is 3.32. The molecule has 20 heavy (non-hydrogen) atoms. The number of rotatable bonds is 5. The molecule has 0 aliphatic rings. The summed E-state index contributed by atoms with van der Waals surface area (Å²) >= 11 is 0. The van der Waals surface area contributed by atoms with Crippen molar-refractivity contribution in [1.29, 1.82) is 0 Å². The molecule has 0 aliphatic heterocycles. The third kappa shape index (κ3) is 2.75. The summed E-state index contributed by atoms with van der Waals surface area (Å²) < 4.78 is 0. The quantitative estimate of drug-likeness (QED) is 0.714. The number of hydrogen-bond donors (Lipinski definition) is 2. The second-order valence-electron chi connectivity index (χ2n) is 5.30. The molecule has 0 saturated heterocycles. The molecule has 1 atom stereocenters. The summed E-state index contributed by atoms with van der Waals surface area (Å²) in [6.45, 7) is 4.16. The predicted octanol–water partition coefficient (Wildman–Crippen LogP) is 4.06. The maximum atomic E-state index is 3.56. The summed E-state index contributed by atoms with van der Waals surface area (Å²) in [6.07, 6.45) is 2.10. The molecule has 0 bridgehead atoms. The van der Waals surface area contributed by atoms with Crippen LogP contribution < -0.4 is 5.32 Å². The fourth-order valence-corrected chi connectivity index (χ4v) is 2.60. The molecule has 1 heterocycles. The minimum atomic E-state index is 0.529. The molecular weight excluding hydrogens is 244 g/mol. The van der Waals surface area contributed by atoms with Crippen LogP contribution in [0.15, 0.2) is 60.8 Å². The summed E-state index contributed by atoms with van der Waals surface area (Å²) in [5.41, 5.74) is 3.93. The van der Waals surface area contributed by atoms with Crippen molar-refractivity contribution in [3.05, 3.63) is 71.9 Å². The molecule has 0 fully saturated rings. The highest BCUT2D eigenvalue weighted by atomic mass is 14.9. The van der Waals surface area contributed by atoms with Gasteiger partial charge in [0.2, 0.25) is 0 Å². The summed E-state index contributed by atoms with van der Waals surface area (Å²) in [5.74, 6) is 0.529. The molecule has 3 aromatic rings. The largest absolute Gasteiger partial charge is 0.361 e. The lowest BCUT2D eigenvalue weighted by Gasteiger charge is -2.12. The van der Waals surface area contributed by atoms with E-state index in [2.05, 4.69) is 78.0 Å². The van der Waals surface area contributed by atoms with Crippen molar-refractivity contribution >= 4 is 10.9 Å². The van der Waals surface area contributed by atoms with E-state index in [0.717, 1.165) is 13.1 Å². The van der Waals surface area contributed by atoms with Gasteiger partial charge in [0.25, 0.3) is 0 Å². The molecule has 0 saturated carbocycles. The molecule has 0 amide bonds. The van der Waals surface area contributed by atoms with Gasteiger partial charge in [-0.2, -0.15) is 0 Å². The van der Waals surface area contributed by atoms with Crippen LogP contribution in [-0.2, 0) is 6.54 Å². The minimum Gasteiger partial charge on any atom is -0.361 e. The Morgan fingerprint density at radius 1 is 1.00 bits per heavy atom. The average molecular weight is 264 g/mol. The zero-order valence-electron chi connectivity index (χ0n) is 11.8. The van der Waals surface area contributed by atoms with Crippen molar-refractivity contribution < 1.29 is 0 Å². The first-order chi connectivity index (χ1) is 9.84. The van der Waals surface area contributed by atoms with Crippen LogP contribution in [0.1, 0.15) is 24.0 Å². The minimum absolute atomic E-state index is 0.529. The molecule has 1 unspecified atom stereocenters. The SMILES string of the molecule is CC(CNCc1c[nH]c2ccccc12)c1ccccc1. The highest BCUT2D eigenvalue weighted by molar-refractivity contribution is 5.82. The molecular formula is C18H20N2. The first kappa shape index (κ1) is 12.9. The molecule has 2 aromatic carbocycles. The third-order valence-corrected chi connectivity index (χ3v) is 3.81. The molecule has 3 rings (SSSR count). The molecule has 0 spiro atoms. The molecule has 0 radical (unpaired) electrons. The van der Waals surface area contributed by atoms with E-state index in [1.165, 1.54) is 22.0 Å². The Hall–Kier alpha value is -2.06. The maximum absolute atomic E-state index is 3.56. The third-order valence-electron chi connectivity index (χ3n) is 3.81. The number of fused-ring (bicyclic) bond motifs is 1. The molecule has 102 valence electrons. The van der Waals surface area contributed by atoms with Crippen molar-refractivity contribution in [3.63, 3.8) is 0 Å². The molecule has 2 heteroatoms. The number of hydrogen-bond acceptors (Lipinski definition) is 1. The lowest BCUT2D eigenvalue weighted by molar-refractivity contribution is 0.617. The number of H-pyrrole nitrogens is 1. The summed E-state index contributed by atoms with van der Waals surface area (Å²) in [5, 5.41) is 4.87. The first-order valence-corrected chi connectivity index (χ1v) is 7.15. The highest BCUT2D eigenvalue weighted by Crippen LogP contribution is 2.18. The number of benzene rings is 2. The Balaban J connectivity index is 1.60. The summed E-state index contributed by atoms with van der Waals surface area (Å²) in [6, 6.07) is 19.1. The van der Waals surface area contributed by atoms with Gasteiger partial charge in [-0.05, 0) is 23.1 Å². The Morgan fingerprint density at radius 2 is 1.75 bits per heavy atom. The van der Waals surface area contributed by atoms with Crippen LogP contribution >= 0.6 is 0 Å². The molecule has 2 nitrogen and oxygen atoms in total. The van der Waals surface area contributed by atoms with E-state index in [-0.39, 0.29) is 0 Å². The Labute approximate surface area is 119 Å². The van der Waals surface area contributed by atoms with Gasteiger partial charge in [0, 0.05) is 30.2 Å². The van der Waals surface area contributed by atoms with Crippen LogP contribution in [0.3, 0.4) is 0 Å². The van der Waals surface area contributed by atoms with Crippen molar-refractivity contribution in [2.45, 2.75) is 19.4 Å². The number of aromatic nitrogens is 1. The Kier molecular flexibility index (Phi) is 3.84. The van der Waals surface area contributed by atoms with Gasteiger partial charge in [-0.25, -0.2) is 0 Å². The van der Waals surface area contributed by atoms with Gasteiger partial charge in [0.05, 0.1) is 0 Å². The van der Waals surface area contributed by atoms with Crippen molar-refractivity contribution in [2.24, 2.45) is 0 Å². The van der Waals surface area contributed by atoms with E-state index in [0.29, 0.717) is 5.92 Å². The van der Waals surface area contributed by atoms with Gasteiger partial charge in [-0.15, -0.1) is 0 Å². The lowest BCUT2D eigenvalue weighted by atomic mass is 10.0. The number of para-hydroxylation sites is 1. The smallest absolute Gasteiger partial charge is 0.0457 e.